The number of fused-ring (bicyclic) bond motifs is 1. The van der Waals surface area contributed by atoms with Gasteiger partial charge in [-0.2, -0.15) is 0 Å². The summed E-state index contributed by atoms with van der Waals surface area (Å²) in [6.07, 6.45) is 4.59. The zero-order valence-corrected chi connectivity index (χ0v) is 14.1. The lowest BCUT2D eigenvalue weighted by molar-refractivity contribution is 0.186. The van der Waals surface area contributed by atoms with Crippen LogP contribution in [0.15, 0.2) is 24.3 Å². The van der Waals surface area contributed by atoms with Crippen LogP contribution in [0.4, 0.5) is 0 Å². The summed E-state index contributed by atoms with van der Waals surface area (Å²) in [5.74, 6) is 0.978. The van der Waals surface area contributed by atoms with Crippen LogP contribution in [0.2, 0.25) is 0 Å². The molecule has 0 saturated carbocycles. The van der Waals surface area contributed by atoms with Crippen molar-refractivity contribution in [3.63, 3.8) is 0 Å². The molecule has 4 heteroatoms. The first kappa shape index (κ1) is 15.4. The molecule has 0 radical (unpaired) electrons. The molecule has 0 spiro atoms. The van der Waals surface area contributed by atoms with Crippen LogP contribution in [-0.4, -0.2) is 23.3 Å². The molecule has 1 aromatic heterocycles. The largest absolute Gasteiger partial charge is 0.383 e. The van der Waals surface area contributed by atoms with Crippen molar-refractivity contribution in [1.82, 2.24) is 9.55 Å². The second kappa shape index (κ2) is 6.71. The number of aryl methyl sites for hydroxylation is 1. The van der Waals surface area contributed by atoms with Gasteiger partial charge in [-0.3, -0.25) is 0 Å². The first-order chi connectivity index (χ1) is 10.7. The van der Waals surface area contributed by atoms with Crippen molar-refractivity contribution < 1.29 is 4.74 Å². The van der Waals surface area contributed by atoms with Gasteiger partial charge in [0.15, 0.2) is 0 Å². The maximum Gasteiger partial charge on any atom is 0.141 e. The number of rotatable bonds is 4. The van der Waals surface area contributed by atoms with Crippen LogP contribution in [0.25, 0.3) is 11.4 Å². The predicted molar refractivity (Wildman–Crippen MR) is 91.8 cm³/mol. The monoisotopic (exact) mass is 314 g/mol. The molecule has 0 N–H and O–H groups in total. The zero-order valence-electron chi connectivity index (χ0n) is 13.3. The van der Waals surface area contributed by atoms with E-state index >= 15 is 0 Å². The van der Waals surface area contributed by atoms with Gasteiger partial charge in [-0.1, -0.05) is 36.0 Å². The van der Waals surface area contributed by atoms with Crippen LogP contribution in [0.3, 0.4) is 0 Å². The minimum absolute atomic E-state index is 0.689. The normalized spacial score (nSPS) is 13.9. The van der Waals surface area contributed by atoms with Crippen molar-refractivity contribution in [3.05, 3.63) is 45.7 Å². The van der Waals surface area contributed by atoms with E-state index in [1.54, 1.807) is 7.11 Å². The van der Waals surface area contributed by atoms with Crippen molar-refractivity contribution in [2.75, 3.05) is 13.7 Å². The van der Waals surface area contributed by atoms with Crippen molar-refractivity contribution in [1.29, 1.82) is 0 Å². The maximum absolute atomic E-state index is 5.58. The van der Waals surface area contributed by atoms with E-state index in [1.807, 2.05) is 0 Å². The van der Waals surface area contributed by atoms with Crippen LogP contribution in [0.1, 0.15) is 29.7 Å². The van der Waals surface area contributed by atoms with E-state index < -0.39 is 0 Å². The first-order valence-electron chi connectivity index (χ1n) is 7.89. The summed E-state index contributed by atoms with van der Waals surface area (Å²) in [7, 11) is 1.74. The number of nitrogens with zero attached hydrogens (tertiary/aromatic N) is 2. The van der Waals surface area contributed by atoms with Gasteiger partial charge in [0.05, 0.1) is 6.61 Å². The highest BCUT2D eigenvalue weighted by molar-refractivity contribution is 7.71. The van der Waals surface area contributed by atoms with Gasteiger partial charge in [-0.15, -0.1) is 0 Å². The minimum Gasteiger partial charge on any atom is -0.383 e. The zero-order chi connectivity index (χ0) is 15.5. The summed E-state index contributed by atoms with van der Waals surface area (Å²) < 4.78 is 8.41. The second-order valence-electron chi connectivity index (χ2n) is 5.89. The fraction of sp³-hybridized carbons (Fsp3) is 0.444. The number of methoxy groups -OCH3 is 1. The van der Waals surface area contributed by atoms with Crippen molar-refractivity contribution >= 4 is 12.2 Å². The Balaban J connectivity index is 2.19. The summed E-state index contributed by atoms with van der Waals surface area (Å²) in [5, 5.41) is 0. The molecule has 0 aliphatic heterocycles. The highest BCUT2D eigenvalue weighted by Gasteiger charge is 2.19. The van der Waals surface area contributed by atoms with Gasteiger partial charge in [0.25, 0.3) is 0 Å². The van der Waals surface area contributed by atoms with Crippen LogP contribution >= 0.6 is 12.2 Å². The smallest absolute Gasteiger partial charge is 0.141 e. The molecule has 1 heterocycles. The van der Waals surface area contributed by atoms with Gasteiger partial charge in [0.2, 0.25) is 0 Å². The van der Waals surface area contributed by atoms with Gasteiger partial charge in [-0.05, 0) is 38.7 Å². The van der Waals surface area contributed by atoms with E-state index in [-0.39, 0.29) is 0 Å². The highest BCUT2D eigenvalue weighted by atomic mass is 32.1. The quantitative estimate of drug-likeness (QED) is 0.795. The van der Waals surface area contributed by atoms with E-state index in [0.29, 0.717) is 6.61 Å². The maximum atomic E-state index is 5.58. The lowest BCUT2D eigenvalue weighted by Gasteiger charge is -2.24. The Labute approximate surface area is 137 Å². The molecule has 22 heavy (non-hydrogen) atoms. The standard InChI is InChI=1S/C18H22N2OS/c1-13-6-5-7-14(12-13)17-19-18(22)15-8-3-4-9-16(15)20(17)10-11-21-2/h5-7,12H,3-4,8-11H2,1-2H3. The molecular weight excluding hydrogens is 292 g/mol. The van der Waals surface area contributed by atoms with Crippen molar-refractivity contribution in [3.8, 4) is 11.4 Å². The van der Waals surface area contributed by atoms with Crippen molar-refractivity contribution in [2.24, 2.45) is 0 Å². The minimum atomic E-state index is 0.689. The van der Waals surface area contributed by atoms with E-state index in [2.05, 4.69) is 35.8 Å². The fourth-order valence-electron chi connectivity index (χ4n) is 3.20. The molecule has 1 aromatic carbocycles. The molecule has 0 unspecified atom stereocenters. The average molecular weight is 314 g/mol. The molecule has 116 valence electrons. The highest BCUT2D eigenvalue weighted by Crippen LogP contribution is 2.27. The van der Waals surface area contributed by atoms with Gasteiger partial charge >= 0.3 is 0 Å². The summed E-state index contributed by atoms with van der Waals surface area (Å²) in [4.78, 5) is 4.77. The van der Waals surface area contributed by atoms with Gasteiger partial charge < -0.3 is 9.30 Å². The molecule has 3 nitrogen and oxygen atoms in total. The van der Waals surface area contributed by atoms with Gasteiger partial charge in [0.1, 0.15) is 10.5 Å². The molecular formula is C18H22N2OS. The second-order valence-corrected chi connectivity index (χ2v) is 6.27. The number of benzene rings is 1. The Morgan fingerprint density at radius 3 is 2.86 bits per heavy atom. The third kappa shape index (κ3) is 2.99. The summed E-state index contributed by atoms with van der Waals surface area (Å²) in [6.45, 7) is 3.62. The van der Waals surface area contributed by atoms with E-state index in [1.165, 1.54) is 29.7 Å². The van der Waals surface area contributed by atoms with Crippen LogP contribution in [-0.2, 0) is 24.1 Å². The summed E-state index contributed by atoms with van der Waals surface area (Å²) >= 11 is 5.58. The fourth-order valence-corrected chi connectivity index (χ4v) is 3.50. The van der Waals surface area contributed by atoms with Crippen LogP contribution in [0, 0.1) is 11.6 Å². The average Bonchev–Trinajstić information content (AvgIpc) is 2.54. The summed E-state index contributed by atoms with van der Waals surface area (Å²) in [6, 6.07) is 8.48. The lowest BCUT2D eigenvalue weighted by Crippen LogP contribution is -2.20. The molecule has 0 bridgehead atoms. The molecule has 1 aliphatic rings. The Morgan fingerprint density at radius 2 is 2.09 bits per heavy atom. The molecule has 0 atom stereocenters. The molecule has 3 rings (SSSR count). The molecule has 0 amide bonds. The van der Waals surface area contributed by atoms with Crippen LogP contribution < -0.4 is 0 Å². The van der Waals surface area contributed by atoms with E-state index in [0.717, 1.165) is 35.4 Å². The number of hydrogen-bond donors (Lipinski definition) is 0. The van der Waals surface area contributed by atoms with Gasteiger partial charge in [0, 0.05) is 30.5 Å². The summed E-state index contributed by atoms with van der Waals surface area (Å²) in [5.41, 5.74) is 5.00. The Morgan fingerprint density at radius 1 is 1.27 bits per heavy atom. The lowest BCUT2D eigenvalue weighted by atomic mass is 9.96. The van der Waals surface area contributed by atoms with Crippen LogP contribution in [0.5, 0.6) is 0 Å². The third-order valence-electron chi connectivity index (χ3n) is 4.28. The molecule has 0 saturated heterocycles. The Kier molecular flexibility index (Phi) is 4.69. The molecule has 0 fully saturated rings. The van der Waals surface area contributed by atoms with E-state index in [9.17, 15) is 0 Å². The molecule has 1 aliphatic carbocycles. The predicted octanol–water partition coefficient (Wildman–Crippen LogP) is 4.11. The number of ether oxygens (including phenoxy) is 1. The van der Waals surface area contributed by atoms with Crippen molar-refractivity contribution in [2.45, 2.75) is 39.2 Å². The molecule has 2 aromatic rings. The number of aromatic nitrogens is 2. The third-order valence-corrected chi connectivity index (χ3v) is 4.62. The first-order valence-corrected chi connectivity index (χ1v) is 8.30. The van der Waals surface area contributed by atoms with Gasteiger partial charge in [-0.25, -0.2) is 4.98 Å². The van der Waals surface area contributed by atoms with E-state index in [4.69, 9.17) is 21.9 Å². The Bertz CT molecular complexity index is 736. The SMILES string of the molecule is COCCn1c(-c2cccc(C)c2)nc(=S)c2c1CCCC2. The topological polar surface area (TPSA) is 27.1 Å². The Hall–Kier alpha value is -1.52. The number of hydrogen-bond acceptors (Lipinski definition) is 3.